The lowest BCUT2D eigenvalue weighted by Crippen LogP contribution is -2.18. The zero-order chi connectivity index (χ0) is 5.82. The Morgan fingerprint density at radius 2 is 2.75 bits per heavy atom. The van der Waals surface area contributed by atoms with E-state index in [4.69, 9.17) is 4.74 Å². The summed E-state index contributed by atoms with van der Waals surface area (Å²) < 4.78 is 5.08. The molecule has 1 aliphatic rings. The van der Waals surface area contributed by atoms with Crippen LogP contribution in [0.3, 0.4) is 0 Å². The Morgan fingerprint density at radius 1 is 1.88 bits per heavy atom. The third-order valence-corrected chi connectivity index (χ3v) is 0.976. The summed E-state index contributed by atoms with van der Waals surface area (Å²) in [6.45, 7) is 2.36. The van der Waals surface area contributed by atoms with Gasteiger partial charge in [0, 0.05) is 0 Å². The van der Waals surface area contributed by atoms with E-state index in [0.29, 0.717) is 0 Å². The molecule has 1 aliphatic heterocycles. The number of hydrogen-bond acceptors (Lipinski definition) is 3. The van der Waals surface area contributed by atoms with Crippen molar-refractivity contribution in [3.63, 3.8) is 0 Å². The second-order valence-electron chi connectivity index (χ2n) is 1.65. The number of likely N-dealkylation sites (N-methyl/N-ethyl adjacent to an activating group) is 1. The average Bonchev–Trinajstić information content (AvgIpc) is 2.19. The van der Waals surface area contributed by atoms with Crippen molar-refractivity contribution in [2.75, 3.05) is 26.7 Å². The molecule has 0 atom stereocenters. The lowest BCUT2D eigenvalue weighted by atomic mass is 10.6. The Balaban J connectivity index is 2.23. The predicted molar refractivity (Wildman–Crippen MR) is 32.2 cm³/mol. The normalized spacial score (nSPS) is 17.9. The predicted octanol–water partition coefficient (Wildman–Crippen LogP) is -0.366. The number of ether oxygens (including phenoxy) is 1. The van der Waals surface area contributed by atoms with Gasteiger partial charge in [0.2, 0.25) is 0 Å². The third-order valence-electron chi connectivity index (χ3n) is 0.976. The molecule has 1 heterocycles. The third kappa shape index (κ3) is 1.20. The highest BCUT2D eigenvalue weighted by molar-refractivity contribution is 5.79. The molecule has 3 nitrogen and oxygen atoms in total. The van der Waals surface area contributed by atoms with Gasteiger partial charge in [-0.25, -0.2) is 0 Å². The van der Waals surface area contributed by atoms with Gasteiger partial charge < -0.3 is 10.1 Å². The minimum Gasteiger partial charge on any atom is -0.478 e. The van der Waals surface area contributed by atoms with Crippen LogP contribution in [0.15, 0.2) is 4.99 Å². The smallest absolute Gasteiger partial charge is 0.197 e. The summed E-state index contributed by atoms with van der Waals surface area (Å²) in [6, 6.07) is 0. The molecule has 1 rings (SSSR count). The molecule has 0 aromatic rings. The zero-order valence-corrected chi connectivity index (χ0v) is 4.98. The Bertz CT molecular complexity index is 101. The molecule has 0 saturated heterocycles. The van der Waals surface area contributed by atoms with E-state index < -0.39 is 0 Å². The van der Waals surface area contributed by atoms with E-state index in [1.54, 1.807) is 0 Å². The molecule has 0 fully saturated rings. The topological polar surface area (TPSA) is 33.6 Å². The van der Waals surface area contributed by atoms with E-state index in [9.17, 15) is 0 Å². The van der Waals surface area contributed by atoms with Crippen molar-refractivity contribution in [1.29, 1.82) is 0 Å². The van der Waals surface area contributed by atoms with Gasteiger partial charge in [-0.05, 0) is 7.05 Å². The molecular weight excluding hydrogens is 104 g/mol. The summed E-state index contributed by atoms with van der Waals surface area (Å²) in [5.74, 6) is 0.840. The number of nitrogens with one attached hydrogen (secondary N) is 1. The van der Waals surface area contributed by atoms with Crippen LogP contribution in [0.25, 0.3) is 0 Å². The fraction of sp³-hybridized carbons (Fsp3) is 0.800. The molecule has 0 aromatic carbocycles. The van der Waals surface area contributed by atoms with Crippen LogP contribution in [-0.2, 0) is 4.74 Å². The molecule has 0 amide bonds. The molecule has 1 N–H and O–H groups in total. The largest absolute Gasteiger partial charge is 0.478 e. The number of rotatable bonds is 2. The van der Waals surface area contributed by atoms with Crippen LogP contribution < -0.4 is 5.32 Å². The van der Waals surface area contributed by atoms with Crippen molar-refractivity contribution >= 4 is 5.90 Å². The number of hydrogen-bond donors (Lipinski definition) is 1. The van der Waals surface area contributed by atoms with Gasteiger partial charge in [-0.1, -0.05) is 0 Å². The number of nitrogens with zero attached hydrogens (tertiary/aromatic N) is 1. The molecule has 8 heavy (non-hydrogen) atoms. The van der Waals surface area contributed by atoms with Crippen LogP contribution in [0.2, 0.25) is 0 Å². The van der Waals surface area contributed by atoms with Crippen LogP contribution in [-0.4, -0.2) is 32.6 Å². The fourth-order valence-corrected chi connectivity index (χ4v) is 0.638. The summed E-state index contributed by atoms with van der Waals surface area (Å²) in [7, 11) is 1.88. The minimum atomic E-state index is 0.761. The molecular formula is C5H10N2O. The average molecular weight is 114 g/mol. The van der Waals surface area contributed by atoms with Crippen LogP contribution in [0.1, 0.15) is 0 Å². The zero-order valence-electron chi connectivity index (χ0n) is 4.98. The fourth-order valence-electron chi connectivity index (χ4n) is 0.638. The monoisotopic (exact) mass is 114 g/mol. The lowest BCUT2D eigenvalue weighted by molar-refractivity contribution is 0.340. The summed E-state index contributed by atoms with van der Waals surface area (Å²) in [5.41, 5.74) is 0. The van der Waals surface area contributed by atoms with Crippen LogP contribution in [0, 0.1) is 0 Å². The second kappa shape index (κ2) is 2.67. The van der Waals surface area contributed by atoms with E-state index in [1.165, 1.54) is 0 Å². The van der Waals surface area contributed by atoms with Crippen LogP contribution >= 0.6 is 0 Å². The van der Waals surface area contributed by atoms with Crippen molar-refractivity contribution in [1.82, 2.24) is 5.32 Å². The van der Waals surface area contributed by atoms with Gasteiger partial charge in [-0.3, -0.25) is 4.99 Å². The van der Waals surface area contributed by atoms with Crippen molar-refractivity contribution in [3.05, 3.63) is 0 Å². The Hall–Kier alpha value is -0.570. The van der Waals surface area contributed by atoms with E-state index in [2.05, 4.69) is 10.3 Å². The van der Waals surface area contributed by atoms with E-state index in [1.807, 2.05) is 7.05 Å². The summed E-state index contributed by atoms with van der Waals surface area (Å²) in [4.78, 5) is 4.06. The van der Waals surface area contributed by atoms with Gasteiger partial charge in [0.25, 0.3) is 0 Å². The molecule has 0 radical (unpaired) electrons. The number of aliphatic imine (C=N–C) groups is 1. The van der Waals surface area contributed by atoms with Gasteiger partial charge in [0.15, 0.2) is 5.90 Å². The molecule has 0 aliphatic carbocycles. The second-order valence-corrected chi connectivity index (χ2v) is 1.65. The molecule has 0 aromatic heterocycles. The van der Waals surface area contributed by atoms with Crippen molar-refractivity contribution in [2.45, 2.75) is 0 Å². The molecule has 0 bridgehead atoms. The molecule has 0 spiro atoms. The van der Waals surface area contributed by atoms with Gasteiger partial charge >= 0.3 is 0 Å². The van der Waals surface area contributed by atoms with E-state index in [-0.39, 0.29) is 0 Å². The standard InChI is InChI=1S/C5H10N2O/c1-6-4-5-7-2-3-8-5/h6H,2-4H2,1H3. The van der Waals surface area contributed by atoms with Gasteiger partial charge in [0.05, 0.1) is 13.1 Å². The Morgan fingerprint density at radius 3 is 3.25 bits per heavy atom. The molecule has 3 heteroatoms. The highest BCUT2D eigenvalue weighted by Crippen LogP contribution is 1.90. The van der Waals surface area contributed by atoms with Crippen molar-refractivity contribution < 1.29 is 4.74 Å². The van der Waals surface area contributed by atoms with Crippen LogP contribution in [0.4, 0.5) is 0 Å². The van der Waals surface area contributed by atoms with Crippen molar-refractivity contribution in [2.24, 2.45) is 4.99 Å². The first-order valence-corrected chi connectivity index (χ1v) is 2.74. The Labute approximate surface area is 48.8 Å². The van der Waals surface area contributed by atoms with E-state index in [0.717, 1.165) is 25.6 Å². The summed E-state index contributed by atoms with van der Waals surface area (Å²) in [5, 5.41) is 2.95. The first-order valence-electron chi connectivity index (χ1n) is 2.74. The van der Waals surface area contributed by atoms with Gasteiger partial charge in [-0.2, -0.15) is 0 Å². The maximum absolute atomic E-state index is 5.08. The first kappa shape index (κ1) is 5.56. The Kier molecular flexibility index (Phi) is 1.86. The van der Waals surface area contributed by atoms with E-state index >= 15 is 0 Å². The van der Waals surface area contributed by atoms with Gasteiger partial charge in [0.1, 0.15) is 6.61 Å². The first-order chi connectivity index (χ1) is 3.93. The van der Waals surface area contributed by atoms with Crippen molar-refractivity contribution in [3.8, 4) is 0 Å². The highest BCUT2D eigenvalue weighted by atomic mass is 16.5. The SMILES string of the molecule is CNCC1=NCCO1. The summed E-state index contributed by atoms with van der Waals surface area (Å²) >= 11 is 0. The summed E-state index contributed by atoms with van der Waals surface area (Å²) in [6.07, 6.45) is 0. The molecule has 0 saturated carbocycles. The van der Waals surface area contributed by atoms with Crippen LogP contribution in [0.5, 0.6) is 0 Å². The van der Waals surface area contributed by atoms with Gasteiger partial charge in [-0.15, -0.1) is 0 Å². The lowest BCUT2D eigenvalue weighted by Gasteiger charge is -1.96. The quantitative estimate of drug-likeness (QED) is 0.531. The highest BCUT2D eigenvalue weighted by Gasteiger charge is 2.03. The molecule has 0 unspecified atom stereocenters. The maximum atomic E-state index is 5.08. The minimum absolute atomic E-state index is 0.761. The molecule has 46 valence electrons. The maximum Gasteiger partial charge on any atom is 0.197 e.